The summed E-state index contributed by atoms with van der Waals surface area (Å²) < 4.78 is 0. The normalized spacial score (nSPS) is 15.9. The zero-order valence-corrected chi connectivity index (χ0v) is 22.1. The molecule has 0 saturated heterocycles. The Morgan fingerprint density at radius 2 is 1.78 bits per heavy atom. The lowest BCUT2D eigenvalue weighted by Gasteiger charge is -2.31. The minimum Gasteiger partial charge on any atom is -0.345 e. The maximum absolute atomic E-state index is 13.1. The fraction of sp³-hybridized carbons (Fsp3) is 0.483. The first-order valence-electron chi connectivity index (χ1n) is 13.2. The van der Waals surface area contributed by atoms with Gasteiger partial charge >= 0.3 is 0 Å². The monoisotopic (exact) mass is 489 g/mol. The van der Waals surface area contributed by atoms with E-state index in [0.29, 0.717) is 31.2 Å². The van der Waals surface area contributed by atoms with Gasteiger partial charge < -0.3 is 15.2 Å². The quantitative estimate of drug-likeness (QED) is 0.519. The molecule has 0 fully saturated rings. The minimum absolute atomic E-state index is 0.0433. The molecular formula is C29H39N5O2. The summed E-state index contributed by atoms with van der Waals surface area (Å²) in [6.45, 7) is 10.8. The van der Waals surface area contributed by atoms with Gasteiger partial charge in [-0.25, -0.2) is 4.98 Å². The van der Waals surface area contributed by atoms with Crippen molar-refractivity contribution in [3.05, 3.63) is 58.9 Å². The van der Waals surface area contributed by atoms with Crippen LogP contribution in [0, 0.1) is 6.92 Å². The zero-order valence-electron chi connectivity index (χ0n) is 22.1. The van der Waals surface area contributed by atoms with Crippen LogP contribution in [0.15, 0.2) is 36.4 Å². The lowest BCUT2D eigenvalue weighted by Crippen LogP contribution is -2.35. The van der Waals surface area contributed by atoms with Crippen molar-refractivity contribution < 1.29 is 9.59 Å². The number of benzene rings is 2. The molecule has 3 aromatic rings. The number of fused-ring (bicyclic) bond motifs is 2. The van der Waals surface area contributed by atoms with Gasteiger partial charge in [0.15, 0.2) is 0 Å². The summed E-state index contributed by atoms with van der Waals surface area (Å²) in [5, 5.41) is 3.01. The van der Waals surface area contributed by atoms with E-state index < -0.39 is 0 Å². The number of hydrogen-bond donors (Lipinski definition) is 2. The highest BCUT2D eigenvalue weighted by molar-refractivity contribution is 5.97. The van der Waals surface area contributed by atoms with Crippen molar-refractivity contribution in [2.45, 2.75) is 78.9 Å². The van der Waals surface area contributed by atoms with E-state index in [1.165, 1.54) is 19.3 Å². The molecule has 0 radical (unpaired) electrons. The summed E-state index contributed by atoms with van der Waals surface area (Å²) in [7, 11) is 0. The Morgan fingerprint density at radius 3 is 2.53 bits per heavy atom. The third-order valence-corrected chi connectivity index (χ3v) is 7.05. The predicted octanol–water partition coefficient (Wildman–Crippen LogP) is 5.33. The smallest absolute Gasteiger partial charge is 0.251 e. The number of aryl methyl sites for hydroxylation is 1. The van der Waals surface area contributed by atoms with E-state index >= 15 is 0 Å². The van der Waals surface area contributed by atoms with Gasteiger partial charge in [0.05, 0.1) is 17.6 Å². The molecule has 0 saturated carbocycles. The summed E-state index contributed by atoms with van der Waals surface area (Å²) in [4.78, 5) is 37.9. The Hall–Kier alpha value is -3.19. The number of nitrogens with one attached hydrogen (secondary N) is 2. The van der Waals surface area contributed by atoms with Crippen molar-refractivity contribution in [2.75, 3.05) is 18.0 Å². The molecular weight excluding hydrogens is 450 g/mol. The van der Waals surface area contributed by atoms with Crippen LogP contribution < -0.4 is 10.2 Å². The van der Waals surface area contributed by atoms with E-state index in [-0.39, 0.29) is 11.8 Å². The van der Waals surface area contributed by atoms with Crippen molar-refractivity contribution in [2.24, 2.45) is 0 Å². The Kier molecular flexibility index (Phi) is 8.41. The molecule has 0 atom stereocenters. The summed E-state index contributed by atoms with van der Waals surface area (Å²) >= 11 is 0. The van der Waals surface area contributed by atoms with Gasteiger partial charge in [-0.3, -0.25) is 14.5 Å². The van der Waals surface area contributed by atoms with Gasteiger partial charge in [0.2, 0.25) is 5.91 Å². The Labute approximate surface area is 214 Å². The van der Waals surface area contributed by atoms with Crippen LogP contribution in [0.3, 0.4) is 0 Å². The minimum atomic E-state index is -0.147. The van der Waals surface area contributed by atoms with Crippen molar-refractivity contribution >= 4 is 28.5 Å². The highest BCUT2D eigenvalue weighted by Crippen LogP contribution is 2.27. The predicted molar refractivity (Wildman–Crippen MR) is 145 cm³/mol. The number of anilines is 1. The fourth-order valence-electron chi connectivity index (χ4n) is 4.94. The standard InChI is InChI=1S/C29H39N5O2/c1-20(2)33-14-8-6-5-7-9-15-34(22(4)35)27-13-11-23(17-24(27)19-33)29(36)30-18-28-31-25-12-10-21(3)16-26(25)32-28/h10-13,16-17,20H,5-9,14-15,18-19H2,1-4H3,(H,30,36)(H,31,32). The van der Waals surface area contributed by atoms with E-state index in [4.69, 9.17) is 0 Å². The van der Waals surface area contributed by atoms with Gasteiger partial charge in [-0.1, -0.05) is 25.3 Å². The number of hydrogen-bond acceptors (Lipinski definition) is 4. The topological polar surface area (TPSA) is 81.3 Å². The third-order valence-electron chi connectivity index (χ3n) is 7.05. The average molecular weight is 490 g/mol. The van der Waals surface area contributed by atoms with Gasteiger partial charge in [-0.15, -0.1) is 0 Å². The molecule has 1 aliphatic rings. The largest absolute Gasteiger partial charge is 0.345 e. The van der Waals surface area contributed by atoms with Gasteiger partial charge in [0, 0.05) is 37.3 Å². The second-order valence-electron chi connectivity index (χ2n) is 10.2. The number of carbonyl (C=O) groups is 2. The fourth-order valence-corrected chi connectivity index (χ4v) is 4.94. The second kappa shape index (κ2) is 11.7. The summed E-state index contributed by atoms with van der Waals surface area (Å²) in [6.07, 6.45) is 5.70. The van der Waals surface area contributed by atoms with Crippen LogP contribution >= 0.6 is 0 Å². The Bertz CT molecular complexity index is 1220. The first-order chi connectivity index (χ1) is 17.3. The van der Waals surface area contributed by atoms with Crippen LogP contribution in [0.1, 0.15) is 80.2 Å². The number of rotatable bonds is 4. The van der Waals surface area contributed by atoms with Crippen LogP contribution in [-0.4, -0.2) is 45.8 Å². The molecule has 2 aromatic carbocycles. The molecule has 0 spiro atoms. The molecule has 1 aliphatic heterocycles. The van der Waals surface area contributed by atoms with Gasteiger partial charge in [0.25, 0.3) is 5.91 Å². The van der Waals surface area contributed by atoms with Crippen LogP contribution in [0.25, 0.3) is 11.0 Å². The molecule has 2 amide bonds. The first kappa shape index (κ1) is 25.9. The number of carbonyl (C=O) groups excluding carboxylic acids is 2. The number of amides is 2. The van der Waals surface area contributed by atoms with Crippen LogP contribution in [0.2, 0.25) is 0 Å². The average Bonchev–Trinajstić information content (AvgIpc) is 3.24. The highest BCUT2D eigenvalue weighted by atomic mass is 16.2. The molecule has 7 heteroatoms. The summed E-state index contributed by atoms with van der Waals surface area (Å²) in [5.41, 5.74) is 5.56. The van der Waals surface area contributed by atoms with Gasteiger partial charge in [-0.2, -0.15) is 0 Å². The molecule has 4 rings (SSSR count). The van der Waals surface area contributed by atoms with Crippen molar-refractivity contribution in [1.82, 2.24) is 20.2 Å². The van der Waals surface area contributed by atoms with Crippen molar-refractivity contribution in [1.29, 1.82) is 0 Å². The number of aromatic amines is 1. The molecule has 0 unspecified atom stereocenters. The molecule has 7 nitrogen and oxygen atoms in total. The van der Waals surface area contributed by atoms with Crippen LogP contribution in [-0.2, 0) is 17.9 Å². The molecule has 1 aromatic heterocycles. The Morgan fingerprint density at radius 1 is 1.03 bits per heavy atom. The Balaban J connectivity index is 1.58. The van der Waals surface area contributed by atoms with E-state index in [1.807, 2.05) is 42.2 Å². The molecule has 192 valence electrons. The zero-order chi connectivity index (χ0) is 25.7. The van der Waals surface area contributed by atoms with E-state index in [1.54, 1.807) is 6.92 Å². The lowest BCUT2D eigenvalue weighted by atomic mass is 10.0. The third kappa shape index (κ3) is 6.32. The van der Waals surface area contributed by atoms with Gasteiger partial charge in [0.1, 0.15) is 5.82 Å². The highest BCUT2D eigenvalue weighted by Gasteiger charge is 2.21. The van der Waals surface area contributed by atoms with Crippen LogP contribution in [0.5, 0.6) is 0 Å². The van der Waals surface area contributed by atoms with Crippen LogP contribution in [0.4, 0.5) is 5.69 Å². The van der Waals surface area contributed by atoms with E-state index in [0.717, 1.165) is 53.1 Å². The SMILES string of the molecule is CC(=O)N1CCCCCCCN(C(C)C)Cc2cc(C(=O)NCc3nc4ccc(C)cc4[nH]3)ccc21. The first-order valence-corrected chi connectivity index (χ1v) is 13.2. The lowest BCUT2D eigenvalue weighted by molar-refractivity contribution is -0.116. The summed E-state index contributed by atoms with van der Waals surface area (Å²) in [5.74, 6) is 0.622. The molecule has 2 heterocycles. The number of nitrogens with zero attached hydrogens (tertiary/aromatic N) is 3. The van der Waals surface area contributed by atoms with E-state index in [9.17, 15) is 9.59 Å². The maximum Gasteiger partial charge on any atom is 0.251 e. The maximum atomic E-state index is 13.1. The molecule has 36 heavy (non-hydrogen) atoms. The number of aromatic nitrogens is 2. The van der Waals surface area contributed by atoms with Gasteiger partial charge in [-0.05, 0) is 81.6 Å². The summed E-state index contributed by atoms with van der Waals surface area (Å²) in [6, 6.07) is 12.2. The number of imidazole rings is 1. The molecule has 0 bridgehead atoms. The second-order valence-corrected chi connectivity index (χ2v) is 10.2. The number of H-pyrrole nitrogens is 1. The van der Waals surface area contributed by atoms with Crippen molar-refractivity contribution in [3.63, 3.8) is 0 Å². The van der Waals surface area contributed by atoms with Crippen molar-refractivity contribution in [3.8, 4) is 0 Å². The van der Waals surface area contributed by atoms with E-state index in [2.05, 4.69) is 40.1 Å². The molecule has 2 N–H and O–H groups in total. The molecule has 0 aliphatic carbocycles.